The van der Waals surface area contributed by atoms with Gasteiger partial charge in [-0.15, -0.1) is 0 Å². The van der Waals surface area contributed by atoms with Crippen molar-refractivity contribution in [3.8, 4) is 11.3 Å². The Morgan fingerprint density at radius 1 is 1.20 bits per heavy atom. The van der Waals surface area contributed by atoms with Crippen molar-refractivity contribution in [1.82, 2.24) is 25.0 Å². The molecule has 3 aromatic rings. The van der Waals surface area contributed by atoms with E-state index in [1.165, 1.54) is 7.05 Å². The quantitative estimate of drug-likeness (QED) is 0.513. The van der Waals surface area contributed by atoms with Gasteiger partial charge in [-0.2, -0.15) is 13.5 Å². The highest BCUT2D eigenvalue weighted by atomic mass is 32.2. The molecule has 0 saturated carbocycles. The van der Waals surface area contributed by atoms with Crippen LogP contribution in [0.3, 0.4) is 0 Å². The lowest BCUT2D eigenvalue weighted by Gasteiger charge is -2.24. The second-order valence-electron chi connectivity index (χ2n) is 6.59. The number of hydrogen-bond acceptors (Lipinski definition) is 8. The molecule has 1 aliphatic rings. The summed E-state index contributed by atoms with van der Waals surface area (Å²) in [6.45, 7) is 2.91. The summed E-state index contributed by atoms with van der Waals surface area (Å²) in [6.07, 6.45) is 3.31. The van der Waals surface area contributed by atoms with Gasteiger partial charge in [0, 0.05) is 37.6 Å². The van der Waals surface area contributed by atoms with Gasteiger partial charge in [0.1, 0.15) is 5.52 Å². The van der Waals surface area contributed by atoms with Crippen LogP contribution in [-0.4, -0.2) is 62.8 Å². The molecule has 0 radical (unpaired) electrons. The molecule has 1 atom stereocenters. The molecular formula is C19H24N6O3S2. The Morgan fingerprint density at radius 2 is 1.97 bits per heavy atom. The number of fused-ring (bicyclic) bond motifs is 1. The molecule has 1 fully saturated rings. The molecule has 9 nitrogen and oxygen atoms in total. The van der Waals surface area contributed by atoms with Gasteiger partial charge in [-0.1, -0.05) is 12.1 Å². The summed E-state index contributed by atoms with van der Waals surface area (Å²) in [5, 5.41) is 6.63. The number of aromatic nitrogens is 3. The average molecular weight is 449 g/mol. The fourth-order valence-electron chi connectivity index (χ4n) is 3.13. The molecule has 1 saturated heterocycles. The Hall–Kier alpha value is -2.31. The zero-order valence-corrected chi connectivity index (χ0v) is 18.2. The van der Waals surface area contributed by atoms with E-state index in [2.05, 4.69) is 25.3 Å². The minimum absolute atomic E-state index is 0. The summed E-state index contributed by atoms with van der Waals surface area (Å²) in [4.78, 5) is 13.7. The van der Waals surface area contributed by atoms with Crippen LogP contribution in [0.5, 0.6) is 0 Å². The maximum Gasteiger partial charge on any atom is 0.240 e. The molecule has 0 bridgehead atoms. The van der Waals surface area contributed by atoms with Crippen LogP contribution in [0.2, 0.25) is 0 Å². The maximum absolute atomic E-state index is 11.9. The monoisotopic (exact) mass is 448 g/mol. The predicted molar refractivity (Wildman–Crippen MR) is 120 cm³/mol. The van der Waals surface area contributed by atoms with Gasteiger partial charge in [0.2, 0.25) is 10.0 Å². The van der Waals surface area contributed by atoms with E-state index in [0.717, 1.165) is 18.7 Å². The highest BCUT2D eigenvalue weighted by molar-refractivity contribution is 7.89. The van der Waals surface area contributed by atoms with Crippen molar-refractivity contribution < 1.29 is 13.2 Å². The van der Waals surface area contributed by atoms with Gasteiger partial charge in [0.15, 0.2) is 5.82 Å². The zero-order chi connectivity index (χ0) is 20.3. The summed E-state index contributed by atoms with van der Waals surface area (Å²) in [5.41, 5.74) is 2.84. The van der Waals surface area contributed by atoms with Crippen molar-refractivity contribution in [3.05, 3.63) is 42.7 Å². The van der Waals surface area contributed by atoms with Gasteiger partial charge >= 0.3 is 0 Å². The highest BCUT2D eigenvalue weighted by Gasteiger charge is 2.16. The van der Waals surface area contributed by atoms with Crippen LogP contribution in [0.15, 0.2) is 47.6 Å². The van der Waals surface area contributed by atoms with Gasteiger partial charge < -0.3 is 15.4 Å². The van der Waals surface area contributed by atoms with E-state index in [-0.39, 0.29) is 24.5 Å². The molecule has 11 heteroatoms. The van der Waals surface area contributed by atoms with Gasteiger partial charge in [-0.3, -0.25) is 4.98 Å². The summed E-state index contributed by atoms with van der Waals surface area (Å²) in [7, 11) is -2.10. The lowest BCUT2D eigenvalue weighted by molar-refractivity contribution is 0.0372. The van der Waals surface area contributed by atoms with Crippen LogP contribution in [0.1, 0.15) is 0 Å². The third-order valence-electron chi connectivity index (χ3n) is 4.69. The number of rotatable bonds is 6. The number of benzene rings is 1. The average Bonchev–Trinajstić information content (AvgIpc) is 2.78. The van der Waals surface area contributed by atoms with Crippen LogP contribution in [0.4, 0.5) is 5.82 Å². The number of nitrogens with zero attached hydrogens (tertiary/aromatic N) is 3. The van der Waals surface area contributed by atoms with Crippen molar-refractivity contribution >= 4 is 40.4 Å². The van der Waals surface area contributed by atoms with Crippen molar-refractivity contribution in [2.24, 2.45) is 0 Å². The first-order valence-corrected chi connectivity index (χ1v) is 10.8. The van der Waals surface area contributed by atoms with Crippen molar-refractivity contribution in [2.75, 3.05) is 38.6 Å². The van der Waals surface area contributed by atoms with Crippen molar-refractivity contribution in [1.29, 1.82) is 0 Å². The predicted octanol–water partition coefficient (Wildman–Crippen LogP) is 1.11. The molecule has 0 unspecified atom stereocenters. The normalized spacial score (nSPS) is 16.8. The first kappa shape index (κ1) is 22.4. The Kier molecular flexibility index (Phi) is 7.21. The highest BCUT2D eigenvalue weighted by Crippen LogP contribution is 2.26. The topological polar surface area (TPSA) is 118 Å². The number of nitrogens with one attached hydrogen (secondary N) is 3. The van der Waals surface area contributed by atoms with Crippen LogP contribution >= 0.6 is 13.5 Å². The smallest absolute Gasteiger partial charge is 0.240 e. The second kappa shape index (κ2) is 9.67. The molecular weight excluding hydrogens is 424 g/mol. The molecule has 3 heterocycles. The van der Waals surface area contributed by atoms with Gasteiger partial charge in [-0.25, -0.2) is 23.1 Å². The lowest BCUT2D eigenvalue weighted by Crippen LogP contribution is -2.42. The SMILES string of the molecule is CNS(=O)(=O)c1ccc(-c2cc3nccnc3c(NC[C@@H]3CNCCO3)n2)cc1.S. The number of morpholine rings is 1. The van der Waals surface area contributed by atoms with E-state index in [1.54, 1.807) is 36.7 Å². The number of anilines is 1. The lowest BCUT2D eigenvalue weighted by atomic mass is 10.1. The minimum atomic E-state index is -3.49. The molecule has 3 N–H and O–H groups in total. The van der Waals surface area contributed by atoms with E-state index < -0.39 is 10.0 Å². The van der Waals surface area contributed by atoms with E-state index in [4.69, 9.17) is 9.72 Å². The summed E-state index contributed by atoms with van der Waals surface area (Å²) < 4.78 is 31.9. The van der Waals surface area contributed by atoms with Gasteiger partial charge in [0.05, 0.1) is 28.8 Å². The standard InChI is InChI=1S/C19H22N6O3S.H2S/c1-20-29(26,27)15-4-2-13(3-5-15)16-10-17-18(23-7-6-22-17)19(25-16)24-12-14-11-21-8-9-28-14;/h2-7,10,14,20-21H,8-9,11-12H2,1H3,(H,24,25);1H2/t14-;/m0./s1. The number of ether oxygens (including phenoxy) is 1. The fourth-order valence-corrected chi connectivity index (χ4v) is 3.86. The van der Waals surface area contributed by atoms with Crippen LogP contribution < -0.4 is 15.4 Å². The maximum atomic E-state index is 11.9. The first-order valence-electron chi connectivity index (χ1n) is 9.29. The fraction of sp³-hybridized carbons (Fsp3) is 0.316. The van der Waals surface area contributed by atoms with Gasteiger partial charge in [0.25, 0.3) is 0 Å². The molecule has 0 spiro atoms. The molecule has 2 aromatic heterocycles. The Balaban J connectivity index is 0.00000256. The molecule has 0 aliphatic carbocycles. The second-order valence-corrected chi connectivity index (χ2v) is 8.48. The molecule has 4 rings (SSSR count). The van der Waals surface area contributed by atoms with Crippen LogP contribution in [0.25, 0.3) is 22.3 Å². The Labute approximate surface area is 182 Å². The summed E-state index contributed by atoms with van der Waals surface area (Å²) >= 11 is 0. The molecule has 160 valence electrons. The minimum Gasteiger partial charge on any atom is -0.374 e. The van der Waals surface area contributed by atoms with E-state index in [1.807, 2.05) is 6.07 Å². The molecule has 30 heavy (non-hydrogen) atoms. The third kappa shape index (κ3) is 4.87. The Morgan fingerprint density at radius 3 is 2.67 bits per heavy atom. The van der Waals surface area contributed by atoms with Crippen molar-refractivity contribution in [2.45, 2.75) is 11.0 Å². The number of pyridine rings is 1. The molecule has 0 amide bonds. The number of sulfonamides is 1. The summed E-state index contributed by atoms with van der Waals surface area (Å²) in [6, 6.07) is 8.41. The number of hydrogen-bond donors (Lipinski definition) is 3. The zero-order valence-electron chi connectivity index (χ0n) is 16.4. The summed E-state index contributed by atoms with van der Waals surface area (Å²) in [5.74, 6) is 0.617. The largest absolute Gasteiger partial charge is 0.374 e. The van der Waals surface area contributed by atoms with Crippen LogP contribution in [0, 0.1) is 0 Å². The Bertz CT molecular complexity index is 1100. The van der Waals surface area contributed by atoms with E-state index in [0.29, 0.717) is 35.7 Å². The third-order valence-corrected chi connectivity index (χ3v) is 6.12. The van der Waals surface area contributed by atoms with E-state index >= 15 is 0 Å². The molecule has 1 aromatic carbocycles. The van der Waals surface area contributed by atoms with E-state index in [9.17, 15) is 8.42 Å². The molecule has 1 aliphatic heterocycles. The van der Waals surface area contributed by atoms with Gasteiger partial charge in [-0.05, 0) is 25.2 Å². The first-order chi connectivity index (χ1) is 14.1. The van der Waals surface area contributed by atoms with Crippen LogP contribution in [-0.2, 0) is 14.8 Å². The van der Waals surface area contributed by atoms with Crippen molar-refractivity contribution in [3.63, 3.8) is 0 Å².